The van der Waals surface area contributed by atoms with Crippen LogP contribution in [-0.4, -0.2) is 0 Å². The quantitative estimate of drug-likeness (QED) is 0.0975. The highest BCUT2D eigenvalue weighted by atomic mass is 19.1. The van der Waals surface area contributed by atoms with Crippen molar-refractivity contribution in [2.24, 2.45) is 0 Å². The van der Waals surface area contributed by atoms with E-state index in [0.717, 1.165) is 44.2 Å². The van der Waals surface area contributed by atoms with Crippen LogP contribution in [0.1, 0.15) is 58.6 Å². The van der Waals surface area contributed by atoms with Crippen molar-refractivity contribution in [1.82, 2.24) is 0 Å². The van der Waals surface area contributed by atoms with E-state index in [2.05, 4.69) is 0 Å². The molecule has 12 aromatic carbocycles. The molecule has 346 valence electrons. The molecule has 0 radical (unpaired) electrons. The smallest absolute Gasteiger partial charge is 0.147 e. The van der Waals surface area contributed by atoms with E-state index in [1.54, 1.807) is 18.2 Å². The Morgan fingerprint density at radius 2 is 0.847 bits per heavy atom. The number of aryl methyl sites for hydroxylation is 4. The van der Waals surface area contributed by atoms with Gasteiger partial charge in [-0.3, -0.25) is 0 Å². The summed E-state index contributed by atoms with van der Waals surface area (Å²) in [6, 6.07) is 46.2. The van der Waals surface area contributed by atoms with Crippen molar-refractivity contribution in [1.29, 1.82) is 0 Å². The summed E-state index contributed by atoms with van der Waals surface area (Å²) in [7, 11) is 0. The lowest BCUT2D eigenvalue weighted by atomic mass is 9.76. The molecule has 3 heteroatoms. The first-order chi connectivity index (χ1) is 39.3. The predicted molar refractivity (Wildman–Crippen MR) is 299 cm³/mol. The summed E-state index contributed by atoms with van der Waals surface area (Å²) in [5.41, 5.74) is 9.22. The zero-order valence-electron chi connectivity index (χ0n) is 49.9. The van der Waals surface area contributed by atoms with Crippen LogP contribution in [0.4, 0.5) is 25.8 Å². The molecular weight excluding hydrogens is 881 g/mol. The van der Waals surface area contributed by atoms with Gasteiger partial charge in [-0.05, 0) is 135 Å². The highest BCUT2D eigenvalue weighted by Crippen LogP contribution is 2.52. The van der Waals surface area contributed by atoms with Crippen molar-refractivity contribution < 1.29 is 22.5 Å². The van der Waals surface area contributed by atoms with Gasteiger partial charge in [-0.15, -0.1) is 0 Å². The third kappa shape index (κ3) is 7.79. The minimum Gasteiger partial charge on any atom is -0.307 e. The van der Waals surface area contributed by atoms with Crippen molar-refractivity contribution >= 4 is 49.4 Å². The van der Waals surface area contributed by atoms with Crippen molar-refractivity contribution in [3.63, 3.8) is 0 Å². The lowest BCUT2D eigenvalue weighted by Crippen LogP contribution is -2.14. The Kier molecular flexibility index (Phi) is 8.78. The molecule has 0 aliphatic carbocycles. The lowest BCUT2D eigenvalue weighted by Gasteiger charge is -2.31. The average molecular weight is 942 g/mol. The third-order valence-electron chi connectivity index (χ3n) is 14.0. The first-order valence-corrected chi connectivity index (χ1v) is 23.9. The molecule has 72 heavy (non-hydrogen) atoms. The Balaban J connectivity index is 1.22. The Morgan fingerprint density at radius 3 is 1.42 bits per heavy atom. The van der Waals surface area contributed by atoms with Crippen molar-refractivity contribution in [2.45, 2.75) is 33.6 Å². The van der Waals surface area contributed by atoms with Gasteiger partial charge >= 0.3 is 0 Å². The van der Waals surface area contributed by atoms with Crippen LogP contribution < -0.4 is 4.90 Å². The van der Waals surface area contributed by atoms with E-state index in [1.165, 1.54) is 17.0 Å². The molecule has 0 saturated carbocycles. The van der Waals surface area contributed by atoms with Crippen LogP contribution in [0.5, 0.6) is 0 Å². The van der Waals surface area contributed by atoms with Gasteiger partial charge in [0, 0.05) is 28.1 Å². The number of para-hydroxylation sites is 1. The molecule has 1 atom stereocenters. The predicted octanol–water partition coefficient (Wildman–Crippen LogP) is 19.4. The van der Waals surface area contributed by atoms with Crippen molar-refractivity contribution in [2.75, 3.05) is 4.90 Å². The second-order valence-corrected chi connectivity index (χ2v) is 18.6. The topological polar surface area (TPSA) is 3.24 Å². The Labute approximate surface area is 434 Å². The Morgan fingerprint density at radius 1 is 0.403 bits per heavy atom. The van der Waals surface area contributed by atoms with Crippen LogP contribution in [0.3, 0.4) is 0 Å². The van der Waals surface area contributed by atoms with Gasteiger partial charge in [0.05, 0.1) is 25.1 Å². The highest BCUT2D eigenvalue weighted by Gasteiger charge is 2.30. The van der Waals surface area contributed by atoms with Gasteiger partial charge in [0.25, 0.3) is 0 Å². The fourth-order valence-corrected chi connectivity index (χ4v) is 10.5. The first-order valence-electron chi connectivity index (χ1n) is 28.9. The van der Waals surface area contributed by atoms with Crippen LogP contribution >= 0.6 is 0 Å². The van der Waals surface area contributed by atoms with Crippen LogP contribution in [0.15, 0.2) is 230 Å². The monoisotopic (exact) mass is 941 g/mol. The number of anilines is 3. The van der Waals surface area contributed by atoms with E-state index in [1.807, 2.05) is 167 Å². The van der Waals surface area contributed by atoms with Crippen LogP contribution in [0.2, 0.25) is 0 Å². The number of nitrogens with zero attached hydrogens (tertiary/aromatic N) is 1. The molecule has 0 aliphatic rings. The van der Waals surface area contributed by atoms with Gasteiger partial charge in [-0.1, -0.05) is 222 Å². The molecule has 12 rings (SSSR count). The first kappa shape index (κ1) is 34.6. The molecule has 0 N–H and O–H groups in total. The van der Waals surface area contributed by atoms with Crippen LogP contribution in [0.25, 0.3) is 76.8 Å². The largest absolute Gasteiger partial charge is 0.307 e. The number of halogens is 2. The van der Waals surface area contributed by atoms with E-state index in [-0.39, 0.29) is 28.2 Å². The molecule has 0 heterocycles. The molecule has 0 bridgehead atoms. The summed E-state index contributed by atoms with van der Waals surface area (Å²) in [5, 5.41) is 3.78. The number of benzene rings is 12. The minimum absolute atomic E-state index is 0.0648. The maximum atomic E-state index is 18.0. The van der Waals surface area contributed by atoms with E-state index in [4.69, 9.17) is 8.22 Å². The molecule has 0 amide bonds. The Bertz CT molecular complexity index is 4210. The molecule has 0 aromatic heterocycles. The van der Waals surface area contributed by atoms with Crippen LogP contribution in [-0.2, 0) is 0 Å². The van der Waals surface area contributed by atoms with Gasteiger partial charge in [0.2, 0.25) is 0 Å². The SMILES string of the molecule is [2H]c1c([2H])c([2H])c(C(c2c(F)ccc(-c3ccc(C)cc3)c2-c2ccc(C)cc2)c2ccc3ccc4c(N(c5c([2H])c([2H])c([2H])c([2H])c5[2H])c5c(F)ccc(-c6ccc(C)cc6)c5-c5ccc(C)cc5)ccc5ccc2c3c54)c([2H])c1[2H]. The van der Waals surface area contributed by atoms with E-state index in [9.17, 15) is 5.48 Å². The maximum absolute atomic E-state index is 18.0. The average Bonchev–Trinajstić information content (AvgIpc) is 1.12. The summed E-state index contributed by atoms with van der Waals surface area (Å²) in [4.78, 5) is 1.45. The summed E-state index contributed by atoms with van der Waals surface area (Å²) >= 11 is 0. The lowest BCUT2D eigenvalue weighted by molar-refractivity contribution is 0.608. The fourth-order valence-electron chi connectivity index (χ4n) is 10.5. The highest BCUT2D eigenvalue weighted by molar-refractivity contribution is 6.26. The summed E-state index contributed by atoms with van der Waals surface area (Å²) in [6.45, 7) is 7.85. The van der Waals surface area contributed by atoms with Gasteiger partial charge in [-0.2, -0.15) is 0 Å². The zero-order chi connectivity index (χ0) is 57.7. The third-order valence-corrected chi connectivity index (χ3v) is 14.0. The maximum Gasteiger partial charge on any atom is 0.147 e. The zero-order valence-corrected chi connectivity index (χ0v) is 39.9. The van der Waals surface area contributed by atoms with Crippen molar-refractivity contribution in [3.8, 4) is 44.5 Å². The van der Waals surface area contributed by atoms with Gasteiger partial charge in [-0.25, -0.2) is 8.78 Å². The molecule has 0 spiro atoms. The molecule has 1 unspecified atom stereocenters. The summed E-state index contributed by atoms with van der Waals surface area (Å²) in [6.07, 6.45) is 0. The van der Waals surface area contributed by atoms with Crippen LogP contribution in [0, 0.1) is 39.3 Å². The van der Waals surface area contributed by atoms with Gasteiger partial charge < -0.3 is 4.90 Å². The van der Waals surface area contributed by atoms with Gasteiger partial charge in [0.15, 0.2) is 0 Å². The molecule has 0 aliphatic heterocycles. The van der Waals surface area contributed by atoms with E-state index < -0.39 is 78.0 Å². The standard InChI is InChI=1S/C69H51F2N/c1-43-15-23-47(24-16-43)55-38-40-60(70)68(63(55)50-27-19-45(3)20-28-50)65(49-11-7-5-8-12-49)58-36-31-51-33-37-59-62(42-34-52-32-35-57(58)64(51)66(52)59)72(54-13-9-6-10-14-54)69-61(71)41-39-56(48-25-17-44(2)18-26-48)67(69)53-29-21-46(4)22-30-53/h5-42,65H,1-4H3/i5D,6D,7D,8D,9D,10D,11D,12D,13D,14D. The molecule has 1 nitrogen and oxygen atoms in total. The number of rotatable bonds is 10. The Hall–Kier alpha value is -8.66. The fraction of sp³-hybridized carbons (Fsp3) is 0.0725. The summed E-state index contributed by atoms with van der Waals surface area (Å²) < 4.78 is 128. The molecule has 0 saturated heterocycles. The molecular formula is C69H51F2N. The molecule has 0 fully saturated rings. The van der Waals surface area contributed by atoms with E-state index in [0.29, 0.717) is 60.5 Å². The summed E-state index contributed by atoms with van der Waals surface area (Å²) in [5.74, 6) is -2.73. The number of hydrogen-bond donors (Lipinski definition) is 0. The van der Waals surface area contributed by atoms with E-state index >= 15 is 8.78 Å². The normalized spacial score (nSPS) is 13.9. The number of hydrogen-bond acceptors (Lipinski definition) is 1. The minimum atomic E-state index is -1.34. The second-order valence-electron chi connectivity index (χ2n) is 18.6. The van der Waals surface area contributed by atoms with Gasteiger partial charge in [0.1, 0.15) is 11.6 Å². The second kappa shape index (κ2) is 18.3. The van der Waals surface area contributed by atoms with Crippen molar-refractivity contribution in [3.05, 3.63) is 281 Å². The molecule has 12 aromatic rings.